The predicted octanol–water partition coefficient (Wildman–Crippen LogP) is 2.78. The fourth-order valence-corrected chi connectivity index (χ4v) is 1.84. The van der Waals surface area contributed by atoms with E-state index in [9.17, 15) is 13.2 Å². The Labute approximate surface area is 106 Å². The molecule has 4 nitrogen and oxygen atoms in total. The van der Waals surface area contributed by atoms with Gasteiger partial charge in [-0.15, -0.1) is 0 Å². The van der Waals surface area contributed by atoms with Crippen LogP contribution >= 0.6 is 0 Å². The van der Waals surface area contributed by atoms with Crippen molar-refractivity contribution >= 4 is 28.3 Å². The molecule has 0 fully saturated rings. The largest absolute Gasteiger partial charge is 0.755 e. The Hall–Kier alpha value is -1.92. The van der Waals surface area contributed by atoms with E-state index in [-0.39, 0.29) is 5.69 Å². The molecule has 6 heteroatoms. The van der Waals surface area contributed by atoms with E-state index in [1.165, 1.54) is 6.07 Å². The second-order valence-electron chi connectivity index (χ2n) is 3.49. The van der Waals surface area contributed by atoms with Crippen molar-refractivity contribution in [3.8, 4) is 0 Å². The number of nitrogens with one attached hydrogen (secondary N) is 2. The summed E-state index contributed by atoms with van der Waals surface area (Å²) in [6.45, 7) is 0. The first-order chi connectivity index (χ1) is 8.66. The molecule has 0 aromatic heterocycles. The van der Waals surface area contributed by atoms with Crippen LogP contribution in [-0.4, -0.2) is 8.76 Å². The molecule has 2 aromatic carbocycles. The van der Waals surface area contributed by atoms with Crippen LogP contribution in [0.1, 0.15) is 0 Å². The average Bonchev–Trinajstić information content (AvgIpc) is 2.34. The Kier molecular flexibility index (Phi) is 3.91. The summed E-state index contributed by atoms with van der Waals surface area (Å²) >= 11 is -2.42. The summed E-state index contributed by atoms with van der Waals surface area (Å²) in [5, 5.41) is 2.84. The molecule has 0 saturated carbocycles. The van der Waals surface area contributed by atoms with Gasteiger partial charge in [-0.05, 0) is 24.3 Å². The summed E-state index contributed by atoms with van der Waals surface area (Å²) in [5.74, 6) is -0.407. The molecular weight excluding hydrogens is 255 g/mol. The molecule has 2 aromatic rings. The quantitative estimate of drug-likeness (QED) is 0.835. The van der Waals surface area contributed by atoms with E-state index < -0.39 is 17.1 Å². The Bertz CT molecular complexity index is 578. The molecule has 94 valence electrons. The minimum atomic E-state index is -2.42. The maximum absolute atomic E-state index is 13.5. The van der Waals surface area contributed by atoms with Gasteiger partial charge in [0.1, 0.15) is 5.82 Å². The Morgan fingerprint density at radius 1 is 0.944 bits per heavy atom. The van der Waals surface area contributed by atoms with Crippen molar-refractivity contribution in [1.82, 2.24) is 0 Å². The molecule has 18 heavy (non-hydrogen) atoms. The van der Waals surface area contributed by atoms with Gasteiger partial charge in [-0.2, -0.15) is 0 Å². The molecule has 0 heterocycles. The zero-order chi connectivity index (χ0) is 13.0. The third kappa shape index (κ3) is 3.06. The fraction of sp³-hybridized carbons (Fsp3) is 0. The minimum Gasteiger partial charge on any atom is -0.755 e. The van der Waals surface area contributed by atoms with Crippen molar-refractivity contribution in [2.45, 2.75) is 0 Å². The summed E-state index contributed by atoms with van der Waals surface area (Å²) in [6, 6.07) is 12.8. The van der Waals surface area contributed by atoms with Crippen LogP contribution in [0.25, 0.3) is 0 Å². The molecule has 0 aliphatic carbocycles. The monoisotopic (exact) mass is 265 g/mol. The highest BCUT2D eigenvalue weighted by Gasteiger charge is 2.04. The van der Waals surface area contributed by atoms with Crippen LogP contribution in [0.3, 0.4) is 0 Å². The molecule has 0 amide bonds. The summed E-state index contributed by atoms with van der Waals surface area (Å²) in [5.41, 5.74) is 1.12. The van der Waals surface area contributed by atoms with E-state index in [2.05, 4.69) is 10.0 Å². The van der Waals surface area contributed by atoms with Gasteiger partial charge >= 0.3 is 0 Å². The minimum absolute atomic E-state index is 0.281. The average molecular weight is 265 g/mol. The number of hydrogen-bond donors (Lipinski definition) is 2. The summed E-state index contributed by atoms with van der Waals surface area (Å²) < 4.78 is 37.0. The summed E-state index contributed by atoms with van der Waals surface area (Å²) in [7, 11) is 0. The Morgan fingerprint density at radius 3 is 2.11 bits per heavy atom. The van der Waals surface area contributed by atoms with Crippen molar-refractivity contribution in [2.24, 2.45) is 0 Å². The first-order valence-corrected chi connectivity index (χ1v) is 6.21. The number of anilines is 3. The number of benzene rings is 2. The molecule has 0 bridgehead atoms. The molecule has 1 atom stereocenters. The molecule has 0 saturated heterocycles. The predicted molar refractivity (Wildman–Crippen MR) is 68.7 cm³/mol. The molecule has 0 radical (unpaired) electrons. The number of para-hydroxylation sites is 3. The van der Waals surface area contributed by atoms with Gasteiger partial charge in [-0.1, -0.05) is 24.3 Å². The van der Waals surface area contributed by atoms with Gasteiger partial charge in [-0.25, -0.2) is 4.39 Å². The molecule has 1 unspecified atom stereocenters. The Morgan fingerprint density at radius 2 is 1.50 bits per heavy atom. The number of halogens is 1. The maximum Gasteiger partial charge on any atom is 0.146 e. The van der Waals surface area contributed by atoms with E-state index >= 15 is 0 Å². The van der Waals surface area contributed by atoms with Crippen LogP contribution < -0.4 is 10.0 Å². The van der Waals surface area contributed by atoms with Crippen LogP contribution in [0.15, 0.2) is 48.5 Å². The van der Waals surface area contributed by atoms with Gasteiger partial charge in [0.15, 0.2) is 0 Å². The molecule has 2 N–H and O–H groups in total. The molecule has 0 spiro atoms. The lowest BCUT2D eigenvalue weighted by Crippen LogP contribution is -2.05. The Balaban J connectivity index is 2.29. The maximum atomic E-state index is 13.5. The van der Waals surface area contributed by atoms with Crippen molar-refractivity contribution < 1.29 is 13.2 Å². The highest BCUT2D eigenvalue weighted by molar-refractivity contribution is 7.80. The van der Waals surface area contributed by atoms with Crippen LogP contribution in [0, 0.1) is 5.82 Å². The molecule has 0 aliphatic rings. The zero-order valence-corrected chi connectivity index (χ0v) is 10.0. The zero-order valence-electron chi connectivity index (χ0n) is 9.22. The SMILES string of the molecule is O=S([O-])Nc1ccccc1Nc1ccccc1F. The lowest BCUT2D eigenvalue weighted by Gasteiger charge is -2.15. The first-order valence-electron chi connectivity index (χ1n) is 5.13. The number of hydrogen-bond acceptors (Lipinski definition) is 3. The van der Waals surface area contributed by atoms with Gasteiger partial charge in [-0.3, -0.25) is 4.21 Å². The van der Waals surface area contributed by atoms with Crippen molar-refractivity contribution in [1.29, 1.82) is 0 Å². The standard InChI is InChI=1S/C12H11FN2O2S/c13-9-5-1-2-6-10(9)14-11-7-3-4-8-12(11)15-18(16)17/h1-8,14-15H,(H,16,17)/p-1. The lowest BCUT2D eigenvalue weighted by molar-refractivity contribution is 0.542. The smallest absolute Gasteiger partial charge is 0.146 e. The second kappa shape index (κ2) is 5.61. The van der Waals surface area contributed by atoms with Crippen LogP contribution in [0.2, 0.25) is 0 Å². The highest BCUT2D eigenvalue weighted by Crippen LogP contribution is 2.26. The summed E-state index contributed by atoms with van der Waals surface area (Å²) in [4.78, 5) is 0. The van der Waals surface area contributed by atoms with Gasteiger partial charge in [0.2, 0.25) is 0 Å². The topological polar surface area (TPSA) is 64.2 Å². The van der Waals surface area contributed by atoms with Crippen molar-refractivity contribution in [3.05, 3.63) is 54.3 Å². The normalized spacial score (nSPS) is 11.9. The third-order valence-electron chi connectivity index (χ3n) is 2.26. The van der Waals surface area contributed by atoms with E-state index in [0.29, 0.717) is 11.4 Å². The molecule has 2 rings (SSSR count). The van der Waals surface area contributed by atoms with E-state index in [0.717, 1.165) is 0 Å². The highest BCUT2D eigenvalue weighted by atomic mass is 32.2. The first kappa shape index (κ1) is 12.5. The van der Waals surface area contributed by atoms with Crippen molar-refractivity contribution in [2.75, 3.05) is 10.0 Å². The van der Waals surface area contributed by atoms with Gasteiger partial charge in [0.25, 0.3) is 0 Å². The van der Waals surface area contributed by atoms with E-state index in [1.54, 1.807) is 42.5 Å². The van der Waals surface area contributed by atoms with Gasteiger partial charge in [0.05, 0.1) is 17.1 Å². The fourth-order valence-electron chi connectivity index (χ4n) is 1.48. The van der Waals surface area contributed by atoms with E-state index in [4.69, 9.17) is 0 Å². The molecular formula is C12H10FN2O2S-. The number of rotatable bonds is 4. The van der Waals surface area contributed by atoms with Crippen LogP contribution in [-0.2, 0) is 11.3 Å². The van der Waals surface area contributed by atoms with E-state index in [1.807, 2.05) is 0 Å². The third-order valence-corrected chi connectivity index (χ3v) is 2.65. The molecule has 0 aliphatic heterocycles. The lowest BCUT2D eigenvalue weighted by atomic mass is 10.2. The summed E-state index contributed by atoms with van der Waals surface area (Å²) in [6.07, 6.45) is 0. The van der Waals surface area contributed by atoms with Crippen LogP contribution in [0.5, 0.6) is 0 Å². The van der Waals surface area contributed by atoms with Crippen molar-refractivity contribution in [3.63, 3.8) is 0 Å². The van der Waals surface area contributed by atoms with Gasteiger partial charge < -0.3 is 14.6 Å². The second-order valence-corrected chi connectivity index (χ2v) is 4.16. The van der Waals surface area contributed by atoms with Gasteiger partial charge in [0, 0.05) is 11.3 Å². The van der Waals surface area contributed by atoms with Crippen LogP contribution in [0.4, 0.5) is 21.5 Å².